The Morgan fingerprint density at radius 1 is 1.15 bits per heavy atom. The third-order valence-corrected chi connectivity index (χ3v) is 5.07. The van der Waals surface area contributed by atoms with Crippen LogP contribution in [0.25, 0.3) is 0 Å². The van der Waals surface area contributed by atoms with Crippen molar-refractivity contribution in [2.24, 2.45) is 4.99 Å². The van der Waals surface area contributed by atoms with E-state index in [1.807, 2.05) is 35.8 Å². The van der Waals surface area contributed by atoms with Crippen LogP contribution in [0.15, 0.2) is 53.8 Å². The number of aromatic nitrogens is 3. The van der Waals surface area contributed by atoms with Gasteiger partial charge in [-0.05, 0) is 37.1 Å². The number of aliphatic imine (C=N–C) groups is 1. The van der Waals surface area contributed by atoms with Gasteiger partial charge in [0.1, 0.15) is 18.7 Å². The zero-order chi connectivity index (χ0) is 22.2. The molecule has 2 N–H and O–H groups in total. The van der Waals surface area contributed by atoms with E-state index in [2.05, 4.69) is 25.8 Å². The lowest BCUT2D eigenvalue weighted by molar-refractivity contribution is 0.297. The normalized spacial score (nSPS) is 13.1. The van der Waals surface area contributed by atoms with E-state index in [0.29, 0.717) is 50.0 Å². The fourth-order valence-corrected chi connectivity index (χ4v) is 3.35. The van der Waals surface area contributed by atoms with Crippen LogP contribution in [0.2, 0.25) is 0 Å². The molecule has 176 valence electrons. The molecule has 1 aliphatic heterocycles. The molecule has 0 radical (unpaired) electrons. The average Bonchev–Trinajstić information content (AvgIpc) is 3.14. The van der Waals surface area contributed by atoms with E-state index >= 15 is 0 Å². The van der Waals surface area contributed by atoms with E-state index < -0.39 is 0 Å². The first-order valence-electron chi connectivity index (χ1n) is 10.8. The Hall–Kier alpha value is -2.89. The van der Waals surface area contributed by atoms with Gasteiger partial charge in [-0.2, -0.15) is 0 Å². The summed E-state index contributed by atoms with van der Waals surface area (Å²) in [5, 5.41) is 14.7. The molecule has 10 heteroatoms. The van der Waals surface area contributed by atoms with E-state index in [1.54, 1.807) is 18.5 Å². The number of ether oxygens (including phenoxy) is 2. The summed E-state index contributed by atoms with van der Waals surface area (Å²) in [6.07, 6.45) is 3.06. The highest BCUT2D eigenvalue weighted by molar-refractivity contribution is 14.0. The van der Waals surface area contributed by atoms with Gasteiger partial charge in [0.2, 0.25) is 0 Å². The second-order valence-corrected chi connectivity index (χ2v) is 7.30. The first-order valence-corrected chi connectivity index (χ1v) is 10.8. The predicted molar refractivity (Wildman–Crippen MR) is 136 cm³/mol. The van der Waals surface area contributed by atoms with Crippen molar-refractivity contribution in [3.63, 3.8) is 0 Å². The molecule has 1 aromatic heterocycles. The van der Waals surface area contributed by atoms with Crippen LogP contribution in [0.1, 0.15) is 24.7 Å². The van der Waals surface area contributed by atoms with Crippen LogP contribution in [-0.2, 0) is 19.5 Å². The van der Waals surface area contributed by atoms with Crippen molar-refractivity contribution in [3.05, 3.63) is 66.0 Å². The van der Waals surface area contributed by atoms with Gasteiger partial charge < -0.3 is 24.7 Å². The van der Waals surface area contributed by atoms with Gasteiger partial charge >= 0.3 is 0 Å². The van der Waals surface area contributed by atoms with Gasteiger partial charge in [0.25, 0.3) is 0 Å². The second kappa shape index (κ2) is 12.4. The molecule has 1 aliphatic rings. The summed E-state index contributed by atoms with van der Waals surface area (Å²) < 4.78 is 27.4. The molecule has 0 fully saturated rings. The Kier molecular flexibility index (Phi) is 9.28. The number of aryl methyl sites for hydroxylation is 1. The fraction of sp³-hybridized carbons (Fsp3) is 0.348. The number of guanidine groups is 1. The molecular formula is C23H28FIN6O2. The first kappa shape index (κ1) is 24.7. The number of rotatable bonds is 7. The molecule has 0 saturated heterocycles. The Labute approximate surface area is 209 Å². The Morgan fingerprint density at radius 3 is 2.79 bits per heavy atom. The van der Waals surface area contributed by atoms with Gasteiger partial charge in [-0.25, -0.2) is 9.38 Å². The molecule has 0 aliphatic carbocycles. The van der Waals surface area contributed by atoms with Gasteiger partial charge in [0, 0.05) is 31.3 Å². The summed E-state index contributed by atoms with van der Waals surface area (Å²) in [4.78, 5) is 4.66. The number of halogens is 2. The van der Waals surface area contributed by atoms with E-state index in [0.717, 1.165) is 30.2 Å². The first-order chi connectivity index (χ1) is 15.7. The van der Waals surface area contributed by atoms with E-state index in [1.165, 1.54) is 6.07 Å². The van der Waals surface area contributed by atoms with Crippen molar-refractivity contribution in [2.45, 2.75) is 32.9 Å². The highest BCUT2D eigenvalue weighted by Gasteiger charge is 2.12. The number of benzene rings is 2. The Balaban J connectivity index is 0.00000306. The summed E-state index contributed by atoms with van der Waals surface area (Å²) in [6, 6.07) is 12.5. The van der Waals surface area contributed by atoms with Crippen molar-refractivity contribution in [1.82, 2.24) is 20.1 Å². The Morgan fingerprint density at radius 2 is 1.97 bits per heavy atom. The van der Waals surface area contributed by atoms with Crippen LogP contribution in [0.4, 0.5) is 10.1 Å². The summed E-state index contributed by atoms with van der Waals surface area (Å²) >= 11 is 0. The minimum Gasteiger partial charge on any atom is -0.490 e. The third kappa shape index (κ3) is 6.80. The standard InChI is InChI=1S/C23H27FN6O2.HI/c1-2-30-16-27-29-22(30)15-26-23(25-11-10-17-6-3-4-7-19(17)24)28-18-8-9-20-21(14-18)32-13-5-12-31-20;/h3-4,6-9,14,16H,2,5,10-13,15H2,1H3,(H2,25,26,28);1H. The summed E-state index contributed by atoms with van der Waals surface area (Å²) in [5.41, 5.74) is 1.46. The predicted octanol–water partition coefficient (Wildman–Crippen LogP) is 4.02. The molecule has 0 spiro atoms. The van der Waals surface area contributed by atoms with Crippen molar-refractivity contribution in [2.75, 3.05) is 25.1 Å². The van der Waals surface area contributed by atoms with Crippen LogP contribution in [-0.4, -0.2) is 40.5 Å². The minimum absolute atomic E-state index is 0. The molecule has 0 amide bonds. The molecular weight excluding hydrogens is 538 g/mol. The summed E-state index contributed by atoms with van der Waals surface area (Å²) in [7, 11) is 0. The Bertz CT molecular complexity index is 1070. The van der Waals surface area contributed by atoms with Gasteiger partial charge in [-0.1, -0.05) is 18.2 Å². The maximum atomic E-state index is 14.0. The van der Waals surface area contributed by atoms with Crippen LogP contribution < -0.4 is 20.1 Å². The average molecular weight is 566 g/mol. The monoisotopic (exact) mass is 566 g/mol. The largest absolute Gasteiger partial charge is 0.490 e. The number of nitrogens with one attached hydrogen (secondary N) is 2. The third-order valence-electron chi connectivity index (χ3n) is 5.07. The number of hydrogen-bond donors (Lipinski definition) is 2. The minimum atomic E-state index is -0.209. The molecule has 2 aromatic carbocycles. The van der Waals surface area contributed by atoms with Crippen LogP contribution in [0.5, 0.6) is 11.5 Å². The molecule has 4 rings (SSSR count). The van der Waals surface area contributed by atoms with Gasteiger partial charge in [0.05, 0.1) is 13.2 Å². The molecule has 0 saturated carbocycles. The molecule has 0 bridgehead atoms. The lowest BCUT2D eigenvalue weighted by Crippen LogP contribution is -2.32. The van der Waals surface area contributed by atoms with Crippen molar-refractivity contribution in [1.29, 1.82) is 0 Å². The summed E-state index contributed by atoms with van der Waals surface area (Å²) in [6.45, 7) is 4.92. The van der Waals surface area contributed by atoms with Gasteiger partial charge in [-0.15, -0.1) is 34.2 Å². The molecule has 0 atom stereocenters. The topological polar surface area (TPSA) is 85.6 Å². The van der Waals surface area contributed by atoms with Crippen molar-refractivity contribution in [3.8, 4) is 11.5 Å². The van der Waals surface area contributed by atoms with Crippen LogP contribution in [0, 0.1) is 5.82 Å². The SMILES string of the molecule is CCn1cnnc1CN=C(NCCc1ccccc1F)Nc1ccc2c(c1)OCCCO2.I. The lowest BCUT2D eigenvalue weighted by atomic mass is 10.1. The van der Waals surface area contributed by atoms with E-state index in [4.69, 9.17) is 9.47 Å². The van der Waals surface area contributed by atoms with Crippen LogP contribution in [0.3, 0.4) is 0 Å². The number of anilines is 1. The number of hydrogen-bond acceptors (Lipinski definition) is 5. The quantitative estimate of drug-likeness (QED) is 0.256. The van der Waals surface area contributed by atoms with Crippen molar-refractivity contribution < 1.29 is 13.9 Å². The zero-order valence-corrected chi connectivity index (χ0v) is 20.8. The zero-order valence-electron chi connectivity index (χ0n) is 18.5. The van der Waals surface area contributed by atoms with E-state index in [-0.39, 0.29) is 29.8 Å². The molecule has 3 aromatic rings. The second-order valence-electron chi connectivity index (χ2n) is 7.30. The van der Waals surface area contributed by atoms with Crippen molar-refractivity contribution >= 4 is 35.6 Å². The summed E-state index contributed by atoms with van der Waals surface area (Å²) in [5.74, 6) is 2.54. The number of fused-ring (bicyclic) bond motifs is 1. The maximum absolute atomic E-state index is 14.0. The highest BCUT2D eigenvalue weighted by atomic mass is 127. The van der Waals surface area contributed by atoms with Crippen LogP contribution >= 0.6 is 24.0 Å². The van der Waals surface area contributed by atoms with Gasteiger partial charge in [-0.3, -0.25) is 0 Å². The smallest absolute Gasteiger partial charge is 0.196 e. The van der Waals surface area contributed by atoms with Gasteiger partial charge in [0.15, 0.2) is 23.3 Å². The number of nitrogens with zero attached hydrogens (tertiary/aromatic N) is 4. The molecule has 2 heterocycles. The highest BCUT2D eigenvalue weighted by Crippen LogP contribution is 2.32. The molecule has 33 heavy (non-hydrogen) atoms. The molecule has 0 unspecified atom stereocenters. The maximum Gasteiger partial charge on any atom is 0.196 e. The lowest BCUT2D eigenvalue weighted by Gasteiger charge is -2.15. The fourth-order valence-electron chi connectivity index (χ4n) is 3.35. The molecule has 8 nitrogen and oxygen atoms in total. The van der Waals surface area contributed by atoms with E-state index in [9.17, 15) is 4.39 Å².